The van der Waals surface area contributed by atoms with Crippen molar-refractivity contribution in [2.24, 2.45) is 0 Å². The number of carbonyl (C=O) groups excluding carboxylic acids is 1. The van der Waals surface area contributed by atoms with E-state index in [0.717, 1.165) is 55.2 Å². The van der Waals surface area contributed by atoms with Gasteiger partial charge in [-0.15, -0.1) is 12.4 Å². The number of aromatic nitrogens is 3. The largest absolute Gasteiger partial charge is 0.379 e. The van der Waals surface area contributed by atoms with E-state index in [-0.39, 0.29) is 18.3 Å². The van der Waals surface area contributed by atoms with Gasteiger partial charge in [-0.25, -0.2) is 4.98 Å². The number of aryl methyl sites for hydroxylation is 2. The molecule has 0 unspecified atom stereocenters. The van der Waals surface area contributed by atoms with Crippen LogP contribution < -0.4 is 4.90 Å². The van der Waals surface area contributed by atoms with Crippen LogP contribution in [-0.4, -0.2) is 65.0 Å². The molecule has 30 heavy (non-hydrogen) atoms. The second-order valence-corrected chi connectivity index (χ2v) is 8.40. The number of morpholine rings is 1. The molecule has 1 aliphatic rings. The van der Waals surface area contributed by atoms with Crippen LogP contribution in [0, 0.1) is 6.92 Å². The molecule has 1 amide bonds. The Kier molecular flexibility index (Phi) is 7.70. The first-order chi connectivity index (χ1) is 14.1. The van der Waals surface area contributed by atoms with Crippen molar-refractivity contribution in [3.63, 3.8) is 0 Å². The van der Waals surface area contributed by atoms with Gasteiger partial charge in [0.05, 0.1) is 23.4 Å². The van der Waals surface area contributed by atoms with Crippen LogP contribution >= 0.6 is 35.3 Å². The molecule has 0 saturated carbocycles. The number of thiazole rings is 1. The fraction of sp³-hybridized carbons (Fsp3) is 0.450. The van der Waals surface area contributed by atoms with Crippen molar-refractivity contribution in [1.82, 2.24) is 19.7 Å². The monoisotopic (exact) mass is 469 g/mol. The molecule has 0 spiro atoms. The molecule has 0 N–H and O–H groups in total. The molecule has 2 aromatic heterocycles. The van der Waals surface area contributed by atoms with E-state index in [1.165, 1.54) is 11.3 Å². The van der Waals surface area contributed by atoms with E-state index >= 15 is 0 Å². The number of anilines is 1. The maximum Gasteiger partial charge on any atom is 0.280 e. The van der Waals surface area contributed by atoms with E-state index in [1.807, 2.05) is 32.2 Å². The number of fused-ring (bicyclic) bond motifs is 1. The summed E-state index contributed by atoms with van der Waals surface area (Å²) in [6.07, 6.45) is 1.83. The van der Waals surface area contributed by atoms with Crippen LogP contribution in [0.15, 0.2) is 24.4 Å². The zero-order valence-corrected chi connectivity index (χ0v) is 19.4. The molecule has 3 aromatic rings. The number of rotatable bonds is 6. The summed E-state index contributed by atoms with van der Waals surface area (Å²) in [5, 5.41) is 5.76. The summed E-state index contributed by atoms with van der Waals surface area (Å²) in [7, 11) is 0. The lowest BCUT2D eigenvalue weighted by Gasteiger charge is -2.29. The number of halogens is 2. The van der Waals surface area contributed by atoms with Gasteiger partial charge in [0.1, 0.15) is 0 Å². The lowest BCUT2D eigenvalue weighted by molar-refractivity contribution is 0.0391. The van der Waals surface area contributed by atoms with Gasteiger partial charge in [-0.1, -0.05) is 22.9 Å². The topological polar surface area (TPSA) is 63.5 Å². The molecule has 0 atom stereocenters. The lowest BCUT2D eigenvalue weighted by Crippen LogP contribution is -2.43. The second-order valence-electron chi connectivity index (χ2n) is 6.98. The van der Waals surface area contributed by atoms with Crippen molar-refractivity contribution in [3.8, 4) is 0 Å². The number of hydrogen-bond donors (Lipinski definition) is 0. The van der Waals surface area contributed by atoms with Gasteiger partial charge in [-0.2, -0.15) is 5.10 Å². The highest BCUT2D eigenvalue weighted by molar-refractivity contribution is 7.22. The Bertz CT molecular complexity index is 1020. The molecule has 0 bridgehead atoms. The standard InChI is InChI=1S/C20H24ClN5O2S.ClH/c1-3-25-7-6-16(23-25)19(27)26(9-8-24-10-12-28-13-11-24)20-22-18-14(2)15(21)4-5-17(18)29-20;/h4-7H,3,8-13H2,1-2H3;1H. The zero-order valence-electron chi connectivity index (χ0n) is 17.0. The molecule has 1 aromatic carbocycles. The zero-order chi connectivity index (χ0) is 20.4. The number of amides is 1. The Morgan fingerprint density at radius 3 is 2.77 bits per heavy atom. The third-order valence-electron chi connectivity index (χ3n) is 5.14. The Labute approximate surface area is 191 Å². The molecule has 7 nitrogen and oxygen atoms in total. The maximum absolute atomic E-state index is 13.3. The van der Waals surface area contributed by atoms with E-state index < -0.39 is 0 Å². The molecule has 1 saturated heterocycles. The Morgan fingerprint density at radius 1 is 1.30 bits per heavy atom. The molecule has 0 radical (unpaired) electrons. The average Bonchev–Trinajstić information content (AvgIpc) is 3.39. The number of hydrogen-bond acceptors (Lipinski definition) is 6. The smallest absolute Gasteiger partial charge is 0.280 e. The molecule has 1 fully saturated rings. The molecular formula is C20H25Cl2N5O2S. The fourth-order valence-electron chi connectivity index (χ4n) is 3.34. The molecule has 1 aliphatic heterocycles. The molecular weight excluding hydrogens is 445 g/mol. The van der Waals surface area contributed by atoms with Crippen LogP contribution in [0.3, 0.4) is 0 Å². The predicted molar refractivity (Wildman–Crippen MR) is 123 cm³/mol. The summed E-state index contributed by atoms with van der Waals surface area (Å²) < 4.78 is 8.21. The number of ether oxygens (including phenoxy) is 1. The Morgan fingerprint density at radius 2 is 2.07 bits per heavy atom. The lowest BCUT2D eigenvalue weighted by atomic mass is 10.2. The van der Waals surface area contributed by atoms with Gasteiger partial charge < -0.3 is 4.74 Å². The minimum Gasteiger partial charge on any atom is -0.379 e. The molecule has 0 aliphatic carbocycles. The normalized spacial score (nSPS) is 14.6. The first-order valence-corrected chi connectivity index (χ1v) is 11.0. The van der Waals surface area contributed by atoms with E-state index in [1.54, 1.807) is 15.6 Å². The molecule has 162 valence electrons. The summed E-state index contributed by atoms with van der Waals surface area (Å²) >= 11 is 7.78. The van der Waals surface area contributed by atoms with Crippen LogP contribution in [0.25, 0.3) is 10.2 Å². The van der Waals surface area contributed by atoms with Crippen LogP contribution in [0.5, 0.6) is 0 Å². The summed E-state index contributed by atoms with van der Waals surface area (Å²) in [6.45, 7) is 9.20. The highest BCUT2D eigenvalue weighted by Gasteiger charge is 2.25. The summed E-state index contributed by atoms with van der Waals surface area (Å²) in [6, 6.07) is 5.61. The Balaban J connectivity index is 0.00000256. The quantitative estimate of drug-likeness (QED) is 0.547. The highest BCUT2D eigenvalue weighted by atomic mass is 35.5. The van der Waals surface area contributed by atoms with Crippen LogP contribution in [-0.2, 0) is 11.3 Å². The van der Waals surface area contributed by atoms with Crippen molar-refractivity contribution in [2.75, 3.05) is 44.3 Å². The van der Waals surface area contributed by atoms with Crippen molar-refractivity contribution < 1.29 is 9.53 Å². The number of nitrogens with zero attached hydrogens (tertiary/aromatic N) is 5. The third kappa shape index (κ3) is 4.78. The SMILES string of the molecule is CCn1ccc(C(=O)N(CCN2CCOCC2)c2nc3c(C)c(Cl)ccc3s2)n1.Cl. The van der Waals surface area contributed by atoms with Crippen LogP contribution in [0.4, 0.5) is 5.13 Å². The van der Waals surface area contributed by atoms with E-state index in [2.05, 4.69) is 10.00 Å². The molecule has 4 rings (SSSR count). The fourth-order valence-corrected chi connectivity index (χ4v) is 4.55. The highest BCUT2D eigenvalue weighted by Crippen LogP contribution is 2.34. The third-order valence-corrected chi connectivity index (χ3v) is 6.59. The van der Waals surface area contributed by atoms with Gasteiger partial charge in [0.15, 0.2) is 10.8 Å². The average molecular weight is 470 g/mol. The Hall–Kier alpha value is -1.71. The van der Waals surface area contributed by atoms with Crippen LogP contribution in [0.2, 0.25) is 5.02 Å². The summed E-state index contributed by atoms with van der Waals surface area (Å²) in [5.74, 6) is -0.131. The summed E-state index contributed by atoms with van der Waals surface area (Å²) in [4.78, 5) is 22.2. The van der Waals surface area contributed by atoms with Crippen molar-refractivity contribution in [2.45, 2.75) is 20.4 Å². The molecule has 3 heterocycles. The predicted octanol–water partition coefficient (Wildman–Crippen LogP) is 3.88. The van der Waals surface area contributed by atoms with Crippen molar-refractivity contribution in [3.05, 3.63) is 40.7 Å². The minimum absolute atomic E-state index is 0. The van der Waals surface area contributed by atoms with E-state index in [9.17, 15) is 4.79 Å². The van der Waals surface area contributed by atoms with Gasteiger partial charge in [0.2, 0.25) is 0 Å². The minimum atomic E-state index is -0.131. The second kappa shape index (κ2) is 10.1. The first-order valence-electron chi connectivity index (χ1n) is 9.78. The number of benzene rings is 1. The first kappa shape index (κ1) is 23.0. The molecule has 10 heteroatoms. The maximum atomic E-state index is 13.3. The van der Waals surface area contributed by atoms with Gasteiger partial charge in [0.25, 0.3) is 5.91 Å². The van der Waals surface area contributed by atoms with Crippen molar-refractivity contribution >= 4 is 56.6 Å². The van der Waals surface area contributed by atoms with E-state index in [4.69, 9.17) is 21.3 Å². The van der Waals surface area contributed by atoms with Crippen molar-refractivity contribution in [1.29, 1.82) is 0 Å². The van der Waals surface area contributed by atoms with E-state index in [0.29, 0.717) is 22.4 Å². The van der Waals surface area contributed by atoms with Crippen LogP contribution in [0.1, 0.15) is 23.0 Å². The van der Waals surface area contributed by atoms with Gasteiger partial charge in [0, 0.05) is 43.9 Å². The van der Waals surface area contributed by atoms with Gasteiger partial charge >= 0.3 is 0 Å². The van der Waals surface area contributed by atoms with Gasteiger partial charge in [-0.3, -0.25) is 19.3 Å². The van der Waals surface area contributed by atoms with Gasteiger partial charge in [-0.05, 0) is 37.6 Å². The number of carbonyl (C=O) groups is 1. The summed E-state index contributed by atoms with van der Waals surface area (Å²) in [5.41, 5.74) is 2.21.